The van der Waals surface area contributed by atoms with Gasteiger partial charge in [0, 0.05) is 6.54 Å². The molecule has 0 fully saturated rings. The first kappa shape index (κ1) is 31.1. The normalized spacial score (nSPS) is 12.2. The Kier molecular flexibility index (Phi) is 12.1. The summed E-state index contributed by atoms with van der Waals surface area (Å²) < 4.78 is 10.5. The van der Waals surface area contributed by atoms with Crippen LogP contribution in [0.3, 0.4) is 0 Å². The molecule has 0 aliphatic carbocycles. The third-order valence-electron chi connectivity index (χ3n) is 6.58. The van der Waals surface area contributed by atoms with Crippen LogP contribution >= 0.6 is 0 Å². The number of hydrogen-bond donors (Lipinski definition) is 2. The van der Waals surface area contributed by atoms with Gasteiger partial charge in [0.15, 0.2) is 5.78 Å². The van der Waals surface area contributed by atoms with Gasteiger partial charge in [-0.15, -0.1) is 0 Å². The second kappa shape index (κ2) is 16.0. The lowest BCUT2D eigenvalue weighted by molar-refractivity contribution is -0.144. The number of hydrogen-bond acceptors (Lipinski definition) is 6. The lowest BCUT2D eigenvalue weighted by Crippen LogP contribution is -2.49. The third kappa shape index (κ3) is 10.2. The van der Waals surface area contributed by atoms with E-state index >= 15 is 0 Å². The molecule has 0 aliphatic heterocycles. The summed E-state index contributed by atoms with van der Waals surface area (Å²) in [6, 6.07) is 24.7. The highest BCUT2D eigenvalue weighted by atomic mass is 16.5. The lowest BCUT2D eigenvalue weighted by Gasteiger charge is -2.24. The highest BCUT2D eigenvalue weighted by molar-refractivity contribution is 6.40. The first-order chi connectivity index (χ1) is 19.8. The molecule has 0 radical (unpaired) electrons. The number of ketones is 2. The van der Waals surface area contributed by atoms with Gasteiger partial charge in [-0.2, -0.15) is 0 Å². The lowest BCUT2D eigenvalue weighted by atomic mass is 9.85. The van der Waals surface area contributed by atoms with E-state index in [1.807, 2.05) is 74.5 Å². The number of amides is 2. The molecular formula is C33H38N2O6. The molecule has 2 unspecified atom stereocenters. The SMILES string of the molecule is COc1ccc(CC(C(=O)C(=O)NCCc2ccccc2)C(=O)C(CC(C)C)NC(=O)OCc2ccccc2)cc1. The molecule has 0 aromatic heterocycles. The molecule has 3 aromatic carbocycles. The number of carbonyl (C=O) groups excluding carboxylic acids is 4. The maximum atomic E-state index is 13.9. The van der Waals surface area contributed by atoms with E-state index in [0.717, 1.165) is 11.1 Å². The Hall–Kier alpha value is -4.46. The number of carbonyl (C=O) groups is 4. The Bertz CT molecular complexity index is 1280. The van der Waals surface area contributed by atoms with Crippen LogP contribution in [0.1, 0.15) is 37.0 Å². The fourth-order valence-electron chi connectivity index (χ4n) is 4.40. The van der Waals surface area contributed by atoms with Crippen LogP contribution in [0.15, 0.2) is 84.9 Å². The van der Waals surface area contributed by atoms with Gasteiger partial charge in [0.05, 0.1) is 19.1 Å². The number of Topliss-reactive ketones (excluding diaryl/α,β-unsaturated/α-hetero) is 2. The van der Waals surface area contributed by atoms with Crippen molar-refractivity contribution in [1.29, 1.82) is 0 Å². The van der Waals surface area contributed by atoms with Crippen molar-refractivity contribution >= 4 is 23.6 Å². The number of alkyl carbamates (subject to hydrolysis) is 1. The zero-order valence-electron chi connectivity index (χ0n) is 23.8. The van der Waals surface area contributed by atoms with E-state index in [9.17, 15) is 19.2 Å². The minimum atomic E-state index is -1.29. The molecule has 0 aliphatic rings. The summed E-state index contributed by atoms with van der Waals surface area (Å²) >= 11 is 0. The predicted octanol–water partition coefficient (Wildman–Crippen LogP) is 4.69. The van der Waals surface area contributed by atoms with E-state index in [4.69, 9.17) is 9.47 Å². The molecule has 0 saturated carbocycles. The van der Waals surface area contributed by atoms with Crippen molar-refractivity contribution in [2.75, 3.05) is 13.7 Å². The molecule has 3 aromatic rings. The van der Waals surface area contributed by atoms with E-state index in [1.54, 1.807) is 31.4 Å². The van der Waals surface area contributed by atoms with Gasteiger partial charge in [0.1, 0.15) is 12.4 Å². The van der Waals surface area contributed by atoms with E-state index in [1.165, 1.54) is 0 Å². The van der Waals surface area contributed by atoms with E-state index < -0.39 is 35.5 Å². The Labute approximate surface area is 241 Å². The fraction of sp³-hybridized carbons (Fsp3) is 0.333. The smallest absolute Gasteiger partial charge is 0.408 e. The quantitative estimate of drug-likeness (QED) is 0.207. The largest absolute Gasteiger partial charge is 0.497 e. The summed E-state index contributed by atoms with van der Waals surface area (Å²) in [6.07, 6.45) is 0.0578. The van der Waals surface area contributed by atoms with Gasteiger partial charge in [-0.05, 0) is 54.0 Å². The summed E-state index contributed by atoms with van der Waals surface area (Å²) in [7, 11) is 1.55. The highest BCUT2D eigenvalue weighted by Crippen LogP contribution is 2.20. The zero-order valence-corrected chi connectivity index (χ0v) is 23.8. The Morgan fingerprint density at radius 1 is 0.780 bits per heavy atom. The Balaban J connectivity index is 1.75. The third-order valence-corrected chi connectivity index (χ3v) is 6.58. The van der Waals surface area contributed by atoms with Crippen LogP contribution in [-0.4, -0.2) is 43.3 Å². The molecule has 2 amide bonds. The maximum Gasteiger partial charge on any atom is 0.408 e. The van der Waals surface area contributed by atoms with Crippen molar-refractivity contribution in [3.8, 4) is 5.75 Å². The standard InChI is InChI=1S/C33H38N2O6/c1-23(2)20-29(35-33(39)41-22-26-12-8-5-9-13-26)30(36)28(21-25-14-16-27(40-3)17-15-25)31(37)32(38)34-19-18-24-10-6-4-7-11-24/h4-17,23,28-29H,18-22H2,1-3H3,(H,34,38)(H,35,39). The second-order valence-electron chi connectivity index (χ2n) is 10.3. The van der Waals surface area contributed by atoms with Crippen LogP contribution in [0.5, 0.6) is 5.75 Å². The summed E-state index contributed by atoms with van der Waals surface area (Å²) in [4.78, 5) is 52.9. The molecule has 8 nitrogen and oxygen atoms in total. The second-order valence-corrected chi connectivity index (χ2v) is 10.3. The zero-order chi connectivity index (χ0) is 29.6. The molecule has 0 spiro atoms. The van der Waals surface area contributed by atoms with Gasteiger partial charge in [-0.3, -0.25) is 14.4 Å². The maximum absolute atomic E-state index is 13.9. The molecule has 2 N–H and O–H groups in total. The molecule has 0 bridgehead atoms. The Morgan fingerprint density at radius 2 is 1.39 bits per heavy atom. The van der Waals surface area contributed by atoms with Crippen molar-refractivity contribution in [2.45, 2.75) is 45.8 Å². The van der Waals surface area contributed by atoms with Crippen LogP contribution in [0.25, 0.3) is 0 Å². The number of rotatable bonds is 15. The summed E-state index contributed by atoms with van der Waals surface area (Å²) in [6.45, 7) is 4.10. The topological polar surface area (TPSA) is 111 Å². The number of nitrogens with one attached hydrogen (secondary N) is 2. The van der Waals surface area contributed by atoms with Gasteiger partial charge < -0.3 is 20.1 Å². The van der Waals surface area contributed by atoms with Crippen LogP contribution in [0.4, 0.5) is 4.79 Å². The van der Waals surface area contributed by atoms with Crippen molar-refractivity contribution in [3.63, 3.8) is 0 Å². The molecular weight excluding hydrogens is 520 g/mol. The molecule has 0 heterocycles. The average molecular weight is 559 g/mol. The minimum absolute atomic E-state index is 0.00308. The van der Waals surface area contributed by atoms with Crippen molar-refractivity contribution in [2.24, 2.45) is 11.8 Å². The number of methoxy groups -OCH3 is 1. The highest BCUT2D eigenvalue weighted by Gasteiger charge is 2.37. The molecule has 8 heteroatoms. The van der Waals surface area contributed by atoms with Crippen LogP contribution in [-0.2, 0) is 38.6 Å². The summed E-state index contributed by atoms with van der Waals surface area (Å²) in [5, 5.41) is 5.30. The van der Waals surface area contributed by atoms with Gasteiger partial charge in [0.2, 0.25) is 5.78 Å². The van der Waals surface area contributed by atoms with E-state index in [-0.39, 0.29) is 31.9 Å². The van der Waals surface area contributed by atoms with Crippen LogP contribution < -0.4 is 15.4 Å². The van der Waals surface area contributed by atoms with Gasteiger partial charge in [-0.1, -0.05) is 86.6 Å². The van der Waals surface area contributed by atoms with Crippen molar-refractivity contribution < 1.29 is 28.7 Å². The fourth-order valence-corrected chi connectivity index (χ4v) is 4.40. The van der Waals surface area contributed by atoms with Crippen molar-refractivity contribution in [1.82, 2.24) is 10.6 Å². The van der Waals surface area contributed by atoms with E-state index in [0.29, 0.717) is 17.7 Å². The average Bonchev–Trinajstić information content (AvgIpc) is 2.99. The van der Waals surface area contributed by atoms with Crippen molar-refractivity contribution in [3.05, 3.63) is 102 Å². The van der Waals surface area contributed by atoms with Gasteiger partial charge in [0.25, 0.3) is 5.91 Å². The van der Waals surface area contributed by atoms with Crippen LogP contribution in [0, 0.1) is 11.8 Å². The number of benzene rings is 3. The summed E-state index contributed by atoms with van der Waals surface area (Å²) in [5.41, 5.74) is 2.50. The molecule has 3 rings (SSSR count). The first-order valence-corrected chi connectivity index (χ1v) is 13.8. The van der Waals surface area contributed by atoms with Crippen LogP contribution in [0.2, 0.25) is 0 Å². The number of ether oxygens (including phenoxy) is 2. The summed E-state index contributed by atoms with van der Waals surface area (Å²) in [5.74, 6) is -2.85. The monoisotopic (exact) mass is 558 g/mol. The molecule has 216 valence electrons. The first-order valence-electron chi connectivity index (χ1n) is 13.8. The van der Waals surface area contributed by atoms with Gasteiger partial charge in [-0.25, -0.2) is 4.79 Å². The Morgan fingerprint density at radius 3 is 1.98 bits per heavy atom. The molecule has 2 atom stereocenters. The minimum Gasteiger partial charge on any atom is -0.497 e. The molecule has 41 heavy (non-hydrogen) atoms. The predicted molar refractivity (Wildman–Crippen MR) is 156 cm³/mol. The van der Waals surface area contributed by atoms with E-state index in [2.05, 4.69) is 10.6 Å². The van der Waals surface area contributed by atoms with Gasteiger partial charge >= 0.3 is 6.09 Å². The molecule has 0 saturated heterocycles.